The van der Waals surface area contributed by atoms with E-state index in [-0.39, 0.29) is 12.5 Å². The van der Waals surface area contributed by atoms with Gasteiger partial charge in [0.15, 0.2) is 6.29 Å². The molecule has 7 unspecified atom stereocenters. The van der Waals surface area contributed by atoms with Crippen LogP contribution in [0, 0.1) is 0 Å². The summed E-state index contributed by atoms with van der Waals surface area (Å²) in [4.78, 5) is 13.1. The van der Waals surface area contributed by atoms with E-state index in [1.165, 1.54) is 250 Å². The molecule has 446 valence electrons. The van der Waals surface area contributed by atoms with Gasteiger partial charge in [-0.3, -0.25) is 4.79 Å². The van der Waals surface area contributed by atoms with Crippen LogP contribution in [0.25, 0.3) is 0 Å². The minimum absolute atomic E-state index is 0.184. The lowest BCUT2D eigenvalue weighted by Gasteiger charge is -2.40. The topological polar surface area (TPSA) is 149 Å². The van der Waals surface area contributed by atoms with Crippen LogP contribution in [-0.4, -0.2) is 87.5 Å². The van der Waals surface area contributed by atoms with Crippen LogP contribution in [0.4, 0.5) is 0 Å². The number of carbonyl (C=O) groups excluding carboxylic acids is 1. The van der Waals surface area contributed by atoms with Crippen molar-refractivity contribution in [3.05, 3.63) is 48.6 Å². The molecule has 0 aromatic carbocycles. The van der Waals surface area contributed by atoms with Crippen LogP contribution >= 0.6 is 0 Å². The second-order valence-electron chi connectivity index (χ2n) is 22.9. The molecule has 1 aliphatic heterocycles. The SMILES string of the molecule is CCCCCCCCCC/C=C/CC/C=C/C(O)C(COC1OC(CO)C(O)C(O)C1O)NC(=O)CCCCCCCCCCCCCCCCCCC/C=C\C/C=C\CCCCCCCCCCCCCCCCC. The molecule has 1 rings (SSSR count). The number of hydrogen-bond acceptors (Lipinski definition) is 8. The number of amides is 1. The second-order valence-corrected chi connectivity index (χ2v) is 22.9. The van der Waals surface area contributed by atoms with Gasteiger partial charge in [0.05, 0.1) is 25.4 Å². The number of carbonyl (C=O) groups is 1. The van der Waals surface area contributed by atoms with Gasteiger partial charge in [-0.15, -0.1) is 0 Å². The monoisotopic (exact) mass is 1070 g/mol. The molecule has 9 nitrogen and oxygen atoms in total. The summed E-state index contributed by atoms with van der Waals surface area (Å²) in [6.45, 7) is 3.78. The van der Waals surface area contributed by atoms with E-state index in [1.54, 1.807) is 6.08 Å². The Morgan fingerprint density at radius 2 is 0.789 bits per heavy atom. The number of nitrogens with one attached hydrogen (secondary N) is 1. The first-order chi connectivity index (χ1) is 37.3. The first kappa shape index (κ1) is 72.2. The molecule has 0 bridgehead atoms. The van der Waals surface area contributed by atoms with E-state index in [1.807, 2.05) is 6.08 Å². The highest BCUT2D eigenvalue weighted by molar-refractivity contribution is 5.76. The molecule has 1 fully saturated rings. The third-order valence-corrected chi connectivity index (χ3v) is 15.6. The Kier molecular flexibility index (Phi) is 53.6. The number of allylic oxidation sites excluding steroid dienone is 7. The Morgan fingerprint density at radius 1 is 0.447 bits per heavy atom. The summed E-state index contributed by atoms with van der Waals surface area (Å²) >= 11 is 0. The number of rotatable bonds is 57. The largest absolute Gasteiger partial charge is 0.394 e. The van der Waals surface area contributed by atoms with Crippen molar-refractivity contribution in [1.82, 2.24) is 5.32 Å². The highest BCUT2D eigenvalue weighted by atomic mass is 16.7. The Balaban J connectivity index is 2.06. The summed E-state index contributed by atoms with van der Waals surface area (Å²) in [5.41, 5.74) is 0. The number of unbranched alkanes of at least 4 members (excludes halogenated alkanes) is 41. The third-order valence-electron chi connectivity index (χ3n) is 15.6. The average Bonchev–Trinajstić information content (AvgIpc) is 3.42. The van der Waals surface area contributed by atoms with Crippen LogP contribution in [0.1, 0.15) is 316 Å². The van der Waals surface area contributed by atoms with Crippen LogP contribution in [0.3, 0.4) is 0 Å². The molecule has 0 aliphatic carbocycles. The van der Waals surface area contributed by atoms with Gasteiger partial charge in [0.2, 0.25) is 5.91 Å². The maximum absolute atomic E-state index is 13.1. The molecular weight excluding hydrogens is 947 g/mol. The molecule has 7 atom stereocenters. The molecule has 9 heteroatoms. The molecule has 1 amide bonds. The van der Waals surface area contributed by atoms with Crippen molar-refractivity contribution in [3.8, 4) is 0 Å². The van der Waals surface area contributed by atoms with E-state index in [0.29, 0.717) is 6.42 Å². The maximum Gasteiger partial charge on any atom is 0.220 e. The summed E-state index contributed by atoms with van der Waals surface area (Å²) in [7, 11) is 0. The van der Waals surface area contributed by atoms with Crippen molar-refractivity contribution < 1.29 is 39.8 Å². The highest BCUT2D eigenvalue weighted by Gasteiger charge is 2.44. The number of aliphatic hydroxyl groups is 5. The van der Waals surface area contributed by atoms with Gasteiger partial charge in [0, 0.05) is 6.42 Å². The Bertz CT molecular complexity index is 1340. The van der Waals surface area contributed by atoms with E-state index in [9.17, 15) is 30.3 Å². The lowest BCUT2D eigenvalue weighted by molar-refractivity contribution is -0.302. The number of hydrogen-bond donors (Lipinski definition) is 6. The van der Waals surface area contributed by atoms with Crippen molar-refractivity contribution in [2.45, 2.75) is 358 Å². The summed E-state index contributed by atoms with van der Waals surface area (Å²) in [6, 6.07) is -0.821. The first-order valence-corrected chi connectivity index (χ1v) is 32.9. The normalized spacial score (nSPS) is 19.1. The minimum Gasteiger partial charge on any atom is -0.394 e. The van der Waals surface area contributed by atoms with Crippen molar-refractivity contribution in [2.24, 2.45) is 0 Å². The van der Waals surface area contributed by atoms with Gasteiger partial charge in [-0.2, -0.15) is 0 Å². The number of aliphatic hydroxyl groups excluding tert-OH is 5. The molecule has 1 aliphatic rings. The lowest BCUT2D eigenvalue weighted by atomic mass is 9.99. The van der Waals surface area contributed by atoms with Crippen molar-refractivity contribution in [3.63, 3.8) is 0 Å². The van der Waals surface area contributed by atoms with Crippen molar-refractivity contribution >= 4 is 5.91 Å². The van der Waals surface area contributed by atoms with Gasteiger partial charge < -0.3 is 40.3 Å². The zero-order chi connectivity index (χ0) is 55.0. The van der Waals surface area contributed by atoms with Crippen LogP contribution in [0.2, 0.25) is 0 Å². The predicted octanol–water partition coefficient (Wildman–Crippen LogP) is 17.2. The Morgan fingerprint density at radius 3 is 1.18 bits per heavy atom. The van der Waals surface area contributed by atoms with Gasteiger partial charge in [0.1, 0.15) is 24.4 Å². The van der Waals surface area contributed by atoms with Gasteiger partial charge in [-0.25, -0.2) is 0 Å². The van der Waals surface area contributed by atoms with E-state index in [2.05, 4.69) is 55.6 Å². The summed E-state index contributed by atoms with van der Waals surface area (Å²) in [6.07, 6.45) is 69.5. The quantitative estimate of drug-likeness (QED) is 0.0261. The van der Waals surface area contributed by atoms with Crippen LogP contribution in [0.15, 0.2) is 48.6 Å². The Hall–Kier alpha value is -1.85. The fourth-order valence-electron chi connectivity index (χ4n) is 10.4. The Labute approximate surface area is 469 Å². The van der Waals surface area contributed by atoms with Gasteiger partial charge in [-0.05, 0) is 64.2 Å². The molecule has 0 saturated carbocycles. The summed E-state index contributed by atoms with van der Waals surface area (Å²) in [5, 5.41) is 54.5. The molecule has 0 spiro atoms. The van der Waals surface area contributed by atoms with E-state index >= 15 is 0 Å². The molecule has 1 heterocycles. The van der Waals surface area contributed by atoms with Crippen LogP contribution in [0.5, 0.6) is 0 Å². The smallest absolute Gasteiger partial charge is 0.220 e. The molecule has 1 saturated heterocycles. The summed E-state index contributed by atoms with van der Waals surface area (Å²) < 4.78 is 11.3. The zero-order valence-electron chi connectivity index (χ0n) is 49.8. The molecule has 76 heavy (non-hydrogen) atoms. The average molecular weight is 1070 g/mol. The third kappa shape index (κ3) is 44.9. The fourth-order valence-corrected chi connectivity index (χ4v) is 10.4. The van der Waals surface area contributed by atoms with Crippen molar-refractivity contribution in [2.75, 3.05) is 13.2 Å². The molecule has 0 aromatic rings. The predicted molar refractivity (Wildman–Crippen MR) is 323 cm³/mol. The highest BCUT2D eigenvalue weighted by Crippen LogP contribution is 2.23. The zero-order valence-corrected chi connectivity index (χ0v) is 49.8. The van der Waals surface area contributed by atoms with Crippen molar-refractivity contribution in [1.29, 1.82) is 0 Å². The fraction of sp³-hybridized carbons (Fsp3) is 0.866. The van der Waals surface area contributed by atoms with Crippen LogP contribution in [-0.2, 0) is 14.3 Å². The minimum atomic E-state index is -1.57. The van der Waals surface area contributed by atoms with Gasteiger partial charge in [0.25, 0.3) is 0 Å². The summed E-state index contributed by atoms with van der Waals surface area (Å²) in [5.74, 6) is -0.184. The van der Waals surface area contributed by atoms with Gasteiger partial charge >= 0.3 is 0 Å². The van der Waals surface area contributed by atoms with E-state index in [0.717, 1.165) is 44.9 Å². The molecule has 6 N–H and O–H groups in total. The maximum atomic E-state index is 13.1. The standard InChI is InChI=1S/C67H125NO8/c1-3-5-7-9-11-13-15-17-19-20-21-22-23-24-25-26-27-28-29-30-31-32-33-34-35-36-37-38-39-40-41-42-43-45-47-49-51-53-55-57-63(71)68-60(59-75-67-66(74)65(73)64(72)62(58-69)76-67)61(70)56-54-52-50-48-46-44-18-16-14-12-10-8-6-4-2/h27-28,30-31,46,48,54,56,60-62,64-67,69-70,72-74H,3-26,29,32-45,47,49-53,55,57-59H2,1-2H3,(H,68,71)/b28-27-,31-30-,48-46+,56-54+. The molecule has 0 aromatic heterocycles. The number of ether oxygens (including phenoxy) is 2. The second kappa shape index (κ2) is 56.4. The molecular formula is C67H125NO8. The lowest BCUT2D eigenvalue weighted by Crippen LogP contribution is -2.60. The van der Waals surface area contributed by atoms with E-state index < -0.39 is 49.5 Å². The van der Waals surface area contributed by atoms with Crippen LogP contribution < -0.4 is 5.32 Å². The van der Waals surface area contributed by atoms with Gasteiger partial charge in [-0.1, -0.05) is 294 Å². The van der Waals surface area contributed by atoms with E-state index in [4.69, 9.17) is 9.47 Å². The molecule has 0 radical (unpaired) electrons. The first-order valence-electron chi connectivity index (χ1n) is 32.9.